The fraction of sp³-hybridized carbons (Fsp3) is 0.333. The molecule has 0 nitrogen and oxygen atoms in total. The van der Waals surface area contributed by atoms with Crippen molar-refractivity contribution in [1.29, 1.82) is 0 Å². The topological polar surface area (TPSA) is 0 Å². The van der Waals surface area contributed by atoms with E-state index in [-0.39, 0.29) is 0 Å². The molecule has 1 rings (SSSR count). The highest BCUT2D eigenvalue weighted by Crippen LogP contribution is 2.16. The molecule has 0 saturated heterocycles. The second kappa shape index (κ2) is 2.22. The number of rotatable bonds is 0. The van der Waals surface area contributed by atoms with Gasteiger partial charge >= 0.3 is 0 Å². The molecule has 0 unspecified atom stereocenters. The molecule has 0 amide bonds. The molecule has 1 aliphatic rings. The molecule has 1 radical (unpaired) electrons. The molecule has 0 bridgehead atoms. The zero-order valence-corrected chi connectivity index (χ0v) is 5.09. The fourth-order valence-electron chi connectivity index (χ4n) is 0.428. The van der Waals surface area contributed by atoms with Crippen LogP contribution in [0.5, 0.6) is 0 Å². The minimum absolute atomic E-state index is 1.03. The van der Waals surface area contributed by atoms with Crippen LogP contribution >= 0.6 is 11.8 Å². The second-order valence-electron chi connectivity index (χ2n) is 1.44. The van der Waals surface area contributed by atoms with Gasteiger partial charge < -0.3 is 0 Å². The first-order valence-corrected chi connectivity index (χ1v) is 3.24. The molecule has 0 N–H and O–H groups in total. The Labute approximate surface area is 48.3 Å². The third-order valence-electron chi connectivity index (χ3n) is 0.819. The van der Waals surface area contributed by atoms with Gasteiger partial charge in [0.1, 0.15) is 0 Å². The van der Waals surface area contributed by atoms with Gasteiger partial charge in [-0.3, -0.25) is 0 Å². The molecule has 0 saturated carbocycles. The van der Waals surface area contributed by atoms with Crippen LogP contribution in [0.25, 0.3) is 0 Å². The predicted octanol–water partition coefficient (Wildman–Crippen LogP) is 2.00. The largest absolute Gasteiger partial charge is 0.126 e. The second-order valence-corrected chi connectivity index (χ2v) is 2.66. The monoisotopic (exact) mass is 111 g/mol. The van der Waals surface area contributed by atoms with Crippen molar-refractivity contribution >= 4 is 11.8 Å². The maximum Gasteiger partial charge on any atom is 0.0231 e. The molecule has 1 heteroatoms. The van der Waals surface area contributed by atoms with Crippen molar-refractivity contribution in [2.45, 2.75) is 6.92 Å². The van der Waals surface area contributed by atoms with Crippen molar-refractivity contribution in [3.8, 4) is 0 Å². The first-order valence-electron chi connectivity index (χ1n) is 2.26. The van der Waals surface area contributed by atoms with Crippen molar-refractivity contribution in [2.24, 2.45) is 0 Å². The molecule has 1 heterocycles. The van der Waals surface area contributed by atoms with Crippen molar-refractivity contribution in [3.63, 3.8) is 0 Å². The number of thioether (sulfide) groups is 1. The average Bonchev–Trinajstić information content (AvgIpc) is 1.69. The molecular weight excluding hydrogens is 104 g/mol. The Bertz CT molecular complexity index is 111. The average molecular weight is 111 g/mol. The van der Waals surface area contributed by atoms with Gasteiger partial charge in [0.15, 0.2) is 0 Å². The van der Waals surface area contributed by atoms with E-state index >= 15 is 0 Å². The van der Waals surface area contributed by atoms with Crippen LogP contribution in [0.2, 0.25) is 0 Å². The van der Waals surface area contributed by atoms with Crippen LogP contribution in [0.1, 0.15) is 6.92 Å². The lowest BCUT2D eigenvalue weighted by Crippen LogP contribution is -1.77. The maximum absolute atomic E-state index is 3.08. The predicted molar refractivity (Wildman–Crippen MR) is 34.0 cm³/mol. The summed E-state index contributed by atoms with van der Waals surface area (Å²) >= 11 is 1.84. The van der Waals surface area contributed by atoms with Gasteiger partial charge in [0.2, 0.25) is 0 Å². The van der Waals surface area contributed by atoms with Crippen LogP contribution in [0.15, 0.2) is 17.1 Å². The molecule has 0 aromatic carbocycles. The van der Waals surface area contributed by atoms with E-state index in [1.54, 1.807) is 0 Å². The van der Waals surface area contributed by atoms with Crippen LogP contribution in [0.4, 0.5) is 0 Å². The lowest BCUT2D eigenvalue weighted by atomic mass is 10.4. The Balaban J connectivity index is 2.57. The van der Waals surface area contributed by atoms with Gasteiger partial charge in [-0.05, 0) is 17.9 Å². The highest BCUT2D eigenvalue weighted by atomic mass is 32.2. The van der Waals surface area contributed by atoms with E-state index in [0.717, 1.165) is 5.75 Å². The van der Waals surface area contributed by atoms with Crippen molar-refractivity contribution in [1.82, 2.24) is 0 Å². The van der Waals surface area contributed by atoms with E-state index < -0.39 is 0 Å². The van der Waals surface area contributed by atoms with E-state index in [4.69, 9.17) is 0 Å². The fourth-order valence-corrected chi connectivity index (χ4v) is 1.000. The first kappa shape index (κ1) is 4.98. The van der Waals surface area contributed by atoms with E-state index in [1.807, 2.05) is 17.8 Å². The molecule has 0 aromatic rings. The van der Waals surface area contributed by atoms with E-state index in [0.29, 0.717) is 0 Å². The molecule has 7 heavy (non-hydrogen) atoms. The number of hydrogen-bond acceptors (Lipinski definition) is 1. The zero-order chi connectivity index (χ0) is 5.11. The Morgan fingerprint density at radius 1 is 1.86 bits per heavy atom. The SMILES string of the molecule is CC1=CC=[C]CS1. The number of hydrogen-bond donors (Lipinski definition) is 0. The van der Waals surface area contributed by atoms with Gasteiger partial charge in [-0.15, -0.1) is 11.8 Å². The first-order chi connectivity index (χ1) is 3.39. The van der Waals surface area contributed by atoms with Crippen LogP contribution < -0.4 is 0 Å². The Hall–Kier alpha value is -0.170. The molecule has 0 atom stereocenters. The van der Waals surface area contributed by atoms with E-state index in [9.17, 15) is 0 Å². The quantitative estimate of drug-likeness (QED) is 0.460. The van der Waals surface area contributed by atoms with Crippen molar-refractivity contribution in [2.75, 3.05) is 5.75 Å². The minimum atomic E-state index is 1.03. The summed E-state index contributed by atoms with van der Waals surface area (Å²) in [5.41, 5.74) is 0. The smallest absolute Gasteiger partial charge is 0.0231 e. The summed E-state index contributed by atoms with van der Waals surface area (Å²) < 4.78 is 0. The van der Waals surface area contributed by atoms with E-state index in [2.05, 4.69) is 19.1 Å². The standard InChI is InChI=1S/C6H7S/c1-6-4-2-3-5-7-6/h2,4H,5H2,1H3. The normalized spacial score (nSPS) is 19.3. The van der Waals surface area contributed by atoms with Gasteiger partial charge in [-0.25, -0.2) is 0 Å². The summed E-state index contributed by atoms with van der Waals surface area (Å²) in [4.78, 5) is 1.39. The van der Waals surface area contributed by atoms with Gasteiger partial charge in [0.25, 0.3) is 0 Å². The van der Waals surface area contributed by atoms with Crippen LogP contribution in [-0.4, -0.2) is 5.75 Å². The molecule has 0 fully saturated rings. The van der Waals surface area contributed by atoms with Gasteiger partial charge in [0.05, 0.1) is 0 Å². The number of allylic oxidation sites excluding steroid dienone is 3. The Morgan fingerprint density at radius 3 is 3.00 bits per heavy atom. The highest BCUT2D eigenvalue weighted by Gasteiger charge is 1.89. The highest BCUT2D eigenvalue weighted by molar-refractivity contribution is 8.03. The van der Waals surface area contributed by atoms with Crippen molar-refractivity contribution < 1.29 is 0 Å². The maximum atomic E-state index is 3.08. The van der Waals surface area contributed by atoms with E-state index in [1.165, 1.54) is 4.91 Å². The lowest BCUT2D eigenvalue weighted by Gasteiger charge is -1.97. The third-order valence-corrected chi connectivity index (χ3v) is 1.72. The van der Waals surface area contributed by atoms with Gasteiger partial charge in [0, 0.05) is 5.75 Å². The Morgan fingerprint density at radius 2 is 2.71 bits per heavy atom. The summed E-state index contributed by atoms with van der Waals surface area (Å²) in [6, 6.07) is 0. The Kier molecular flexibility index (Phi) is 1.58. The summed E-state index contributed by atoms with van der Waals surface area (Å²) in [5, 5.41) is 0. The minimum Gasteiger partial charge on any atom is -0.126 e. The van der Waals surface area contributed by atoms with Gasteiger partial charge in [-0.2, -0.15) is 0 Å². The summed E-state index contributed by atoms with van der Waals surface area (Å²) in [6.07, 6.45) is 7.13. The van der Waals surface area contributed by atoms with Crippen molar-refractivity contribution in [3.05, 3.63) is 23.1 Å². The summed E-state index contributed by atoms with van der Waals surface area (Å²) in [5.74, 6) is 1.03. The summed E-state index contributed by atoms with van der Waals surface area (Å²) in [7, 11) is 0. The van der Waals surface area contributed by atoms with Gasteiger partial charge in [-0.1, -0.05) is 12.2 Å². The van der Waals surface area contributed by atoms with Crippen LogP contribution in [0.3, 0.4) is 0 Å². The van der Waals surface area contributed by atoms with Crippen LogP contribution in [-0.2, 0) is 0 Å². The molecule has 0 aromatic heterocycles. The molecular formula is C6H7S. The third kappa shape index (κ3) is 1.39. The molecule has 0 aliphatic carbocycles. The summed E-state index contributed by atoms with van der Waals surface area (Å²) in [6.45, 7) is 2.11. The zero-order valence-electron chi connectivity index (χ0n) is 4.27. The lowest BCUT2D eigenvalue weighted by molar-refractivity contribution is 1.57. The molecule has 1 aliphatic heterocycles. The van der Waals surface area contributed by atoms with Crippen LogP contribution in [0, 0.1) is 6.08 Å². The molecule has 0 spiro atoms. The molecule has 37 valence electrons.